The van der Waals surface area contributed by atoms with E-state index in [2.05, 4.69) is 24.1 Å². The van der Waals surface area contributed by atoms with Gasteiger partial charge in [0, 0.05) is 31.7 Å². The molecule has 4 heteroatoms. The number of piperazine rings is 1. The summed E-state index contributed by atoms with van der Waals surface area (Å²) in [5, 5.41) is 12.5. The van der Waals surface area contributed by atoms with Crippen LogP contribution in [0.1, 0.15) is 27.7 Å². The van der Waals surface area contributed by atoms with Crippen molar-refractivity contribution < 1.29 is 9.90 Å². The first-order valence-corrected chi connectivity index (χ1v) is 5.53. The molecule has 1 heterocycles. The second-order valence-corrected chi connectivity index (χ2v) is 5.35. The van der Waals surface area contributed by atoms with Crippen molar-refractivity contribution in [1.82, 2.24) is 10.2 Å². The van der Waals surface area contributed by atoms with Crippen LogP contribution in [0.4, 0.5) is 0 Å². The lowest BCUT2D eigenvalue weighted by molar-refractivity contribution is -0.148. The topological polar surface area (TPSA) is 52.6 Å². The molecule has 0 spiro atoms. The lowest BCUT2D eigenvalue weighted by atomic mass is 9.92. The van der Waals surface area contributed by atoms with E-state index in [1.54, 1.807) is 13.8 Å². The summed E-state index contributed by atoms with van der Waals surface area (Å²) in [7, 11) is 0. The van der Waals surface area contributed by atoms with Gasteiger partial charge in [-0.1, -0.05) is 0 Å². The van der Waals surface area contributed by atoms with Crippen molar-refractivity contribution in [1.29, 1.82) is 0 Å². The molecule has 0 aliphatic carbocycles. The van der Waals surface area contributed by atoms with Gasteiger partial charge in [0.25, 0.3) is 0 Å². The Labute approximate surface area is 91.6 Å². The molecule has 0 saturated carbocycles. The molecule has 0 aromatic carbocycles. The number of rotatable bonds is 3. The summed E-state index contributed by atoms with van der Waals surface area (Å²) in [4.78, 5) is 13.3. The quantitative estimate of drug-likeness (QED) is 0.729. The number of carbonyl (C=O) groups is 1. The van der Waals surface area contributed by atoms with E-state index in [1.807, 2.05) is 0 Å². The van der Waals surface area contributed by atoms with E-state index in [4.69, 9.17) is 5.11 Å². The van der Waals surface area contributed by atoms with Crippen LogP contribution in [0.2, 0.25) is 0 Å². The van der Waals surface area contributed by atoms with Crippen LogP contribution in [0, 0.1) is 5.41 Å². The Morgan fingerprint density at radius 3 is 2.27 bits per heavy atom. The van der Waals surface area contributed by atoms with Crippen molar-refractivity contribution in [2.24, 2.45) is 5.41 Å². The second kappa shape index (κ2) is 4.49. The Morgan fingerprint density at radius 1 is 1.40 bits per heavy atom. The van der Waals surface area contributed by atoms with Gasteiger partial charge in [-0.25, -0.2) is 0 Å². The summed E-state index contributed by atoms with van der Waals surface area (Å²) in [6, 6.07) is 0.886. The third-order valence-corrected chi connectivity index (χ3v) is 2.83. The maximum absolute atomic E-state index is 11.0. The Balaban J connectivity index is 2.54. The Kier molecular flexibility index (Phi) is 3.73. The fraction of sp³-hybridized carbons (Fsp3) is 0.909. The van der Waals surface area contributed by atoms with Crippen molar-refractivity contribution in [2.45, 2.75) is 39.8 Å². The molecule has 15 heavy (non-hydrogen) atoms. The average molecular weight is 214 g/mol. The first-order valence-electron chi connectivity index (χ1n) is 5.53. The molecule has 1 fully saturated rings. The molecule has 1 aliphatic rings. The Bertz CT molecular complexity index is 231. The van der Waals surface area contributed by atoms with Gasteiger partial charge in [-0.2, -0.15) is 0 Å². The van der Waals surface area contributed by atoms with E-state index in [1.165, 1.54) is 0 Å². The van der Waals surface area contributed by atoms with E-state index in [9.17, 15) is 4.79 Å². The number of aliphatic carboxylic acids is 1. The molecule has 2 N–H and O–H groups in total. The fourth-order valence-electron chi connectivity index (χ4n) is 2.20. The van der Waals surface area contributed by atoms with Crippen LogP contribution in [0.5, 0.6) is 0 Å². The van der Waals surface area contributed by atoms with Gasteiger partial charge >= 0.3 is 5.97 Å². The lowest BCUT2D eigenvalue weighted by Crippen LogP contribution is -2.56. The van der Waals surface area contributed by atoms with Crippen LogP contribution < -0.4 is 5.32 Å². The summed E-state index contributed by atoms with van der Waals surface area (Å²) >= 11 is 0. The molecular formula is C11H22N2O2. The van der Waals surface area contributed by atoms with Gasteiger partial charge in [-0.15, -0.1) is 0 Å². The summed E-state index contributed by atoms with van der Waals surface area (Å²) in [6.07, 6.45) is 0. The highest BCUT2D eigenvalue weighted by Crippen LogP contribution is 2.18. The zero-order chi connectivity index (χ0) is 11.6. The average Bonchev–Trinajstić information content (AvgIpc) is 1.99. The molecule has 2 atom stereocenters. The van der Waals surface area contributed by atoms with Crippen molar-refractivity contribution in [3.05, 3.63) is 0 Å². The molecule has 0 bridgehead atoms. The summed E-state index contributed by atoms with van der Waals surface area (Å²) in [5.41, 5.74) is -0.656. The van der Waals surface area contributed by atoms with Crippen LogP contribution >= 0.6 is 0 Å². The third-order valence-electron chi connectivity index (χ3n) is 2.83. The zero-order valence-corrected chi connectivity index (χ0v) is 10.1. The highest BCUT2D eigenvalue weighted by molar-refractivity contribution is 5.73. The van der Waals surface area contributed by atoms with Gasteiger partial charge in [0.05, 0.1) is 5.41 Å². The van der Waals surface area contributed by atoms with Gasteiger partial charge in [0.15, 0.2) is 0 Å². The smallest absolute Gasteiger partial charge is 0.310 e. The zero-order valence-electron chi connectivity index (χ0n) is 10.1. The van der Waals surface area contributed by atoms with Crippen molar-refractivity contribution in [2.75, 3.05) is 19.6 Å². The van der Waals surface area contributed by atoms with Crippen LogP contribution in [0.15, 0.2) is 0 Å². The maximum Gasteiger partial charge on any atom is 0.310 e. The number of carboxylic acid groups (broad SMARTS) is 1. The van der Waals surface area contributed by atoms with Crippen LogP contribution in [-0.2, 0) is 4.79 Å². The summed E-state index contributed by atoms with van der Waals surface area (Å²) < 4.78 is 0. The molecule has 2 unspecified atom stereocenters. The molecule has 88 valence electrons. The minimum Gasteiger partial charge on any atom is -0.481 e. The first kappa shape index (κ1) is 12.5. The van der Waals surface area contributed by atoms with E-state index < -0.39 is 11.4 Å². The van der Waals surface area contributed by atoms with E-state index in [0.29, 0.717) is 18.6 Å². The minimum absolute atomic E-state index is 0.443. The Morgan fingerprint density at radius 2 is 1.87 bits per heavy atom. The number of hydrogen-bond donors (Lipinski definition) is 2. The van der Waals surface area contributed by atoms with Crippen molar-refractivity contribution >= 4 is 5.97 Å². The molecule has 4 nitrogen and oxygen atoms in total. The van der Waals surface area contributed by atoms with Gasteiger partial charge in [0.1, 0.15) is 0 Å². The molecule has 1 saturated heterocycles. The van der Waals surface area contributed by atoms with Crippen molar-refractivity contribution in [3.8, 4) is 0 Å². The molecule has 0 aromatic rings. The molecular weight excluding hydrogens is 192 g/mol. The fourth-order valence-corrected chi connectivity index (χ4v) is 2.20. The number of nitrogens with zero attached hydrogens (tertiary/aromatic N) is 1. The monoisotopic (exact) mass is 214 g/mol. The van der Waals surface area contributed by atoms with E-state index in [0.717, 1.165) is 13.1 Å². The van der Waals surface area contributed by atoms with Gasteiger partial charge in [-0.05, 0) is 27.7 Å². The standard InChI is InChI=1S/C11H22N2O2/c1-8-5-13(6-9(2)12-8)7-11(3,4)10(14)15/h8-9,12H,5-7H2,1-4H3,(H,14,15). The van der Waals surface area contributed by atoms with Crippen LogP contribution in [0.25, 0.3) is 0 Å². The first-order chi connectivity index (χ1) is 6.81. The number of nitrogens with one attached hydrogen (secondary N) is 1. The molecule has 0 aromatic heterocycles. The van der Waals surface area contributed by atoms with Crippen LogP contribution in [-0.4, -0.2) is 47.7 Å². The van der Waals surface area contributed by atoms with Gasteiger partial charge in [0.2, 0.25) is 0 Å². The predicted octanol–water partition coefficient (Wildman–Crippen LogP) is 0.779. The minimum atomic E-state index is -0.721. The molecule has 1 aliphatic heterocycles. The molecule has 1 rings (SSSR count). The predicted molar refractivity (Wildman–Crippen MR) is 59.9 cm³/mol. The van der Waals surface area contributed by atoms with E-state index >= 15 is 0 Å². The Hall–Kier alpha value is -0.610. The summed E-state index contributed by atoms with van der Waals surface area (Å²) in [6.45, 7) is 10.3. The van der Waals surface area contributed by atoms with Crippen LogP contribution in [0.3, 0.4) is 0 Å². The SMILES string of the molecule is CC1CN(CC(C)(C)C(=O)O)CC(C)N1. The largest absolute Gasteiger partial charge is 0.481 e. The van der Waals surface area contributed by atoms with Gasteiger partial charge in [-0.3, -0.25) is 9.69 Å². The van der Waals surface area contributed by atoms with E-state index in [-0.39, 0.29) is 0 Å². The number of carboxylic acids is 1. The molecule has 0 radical (unpaired) electrons. The second-order valence-electron chi connectivity index (χ2n) is 5.35. The summed E-state index contributed by atoms with van der Waals surface area (Å²) in [5.74, 6) is -0.721. The highest BCUT2D eigenvalue weighted by atomic mass is 16.4. The van der Waals surface area contributed by atoms with Gasteiger partial charge < -0.3 is 10.4 Å². The lowest BCUT2D eigenvalue weighted by Gasteiger charge is -2.39. The third kappa shape index (κ3) is 3.47. The highest BCUT2D eigenvalue weighted by Gasteiger charge is 2.32. The molecule has 0 amide bonds. The number of hydrogen-bond acceptors (Lipinski definition) is 3. The maximum atomic E-state index is 11.0. The normalized spacial score (nSPS) is 29.1. The van der Waals surface area contributed by atoms with Crippen molar-refractivity contribution in [3.63, 3.8) is 0 Å².